The standard InChI is InChI=1S/C20H26ClN5OS/c1-13-10-14(2)18(16(21)11-13)22-17(27)12-28-20-24-23-19(26(20)15-6-7-15)25-8-4-3-5-9-25/h10-11,15H,3-9,12H2,1-2H3,(H,22,27). The Balaban J connectivity index is 1.43. The second-order valence-electron chi connectivity index (χ2n) is 7.71. The summed E-state index contributed by atoms with van der Waals surface area (Å²) in [5, 5.41) is 13.2. The second kappa shape index (κ2) is 8.33. The third-order valence-electron chi connectivity index (χ3n) is 5.23. The Hall–Kier alpha value is -1.73. The van der Waals surface area contributed by atoms with E-state index >= 15 is 0 Å². The van der Waals surface area contributed by atoms with Crippen LogP contribution in [0.15, 0.2) is 17.3 Å². The molecule has 1 saturated carbocycles. The van der Waals surface area contributed by atoms with Crippen LogP contribution in [0.5, 0.6) is 0 Å². The molecule has 2 aliphatic rings. The lowest BCUT2D eigenvalue weighted by Crippen LogP contribution is -2.32. The number of carbonyl (C=O) groups is 1. The van der Waals surface area contributed by atoms with Gasteiger partial charge in [-0.2, -0.15) is 0 Å². The van der Waals surface area contributed by atoms with Gasteiger partial charge in [0.2, 0.25) is 11.9 Å². The predicted octanol–water partition coefficient (Wildman–Crippen LogP) is 4.60. The zero-order chi connectivity index (χ0) is 19.7. The third-order valence-corrected chi connectivity index (χ3v) is 6.47. The minimum absolute atomic E-state index is 0.0799. The molecule has 1 aromatic heterocycles. The summed E-state index contributed by atoms with van der Waals surface area (Å²) in [6.45, 7) is 6.03. The van der Waals surface area contributed by atoms with Crippen LogP contribution in [-0.4, -0.2) is 39.5 Å². The zero-order valence-electron chi connectivity index (χ0n) is 16.4. The van der Waals surface area contributed by atoms with E-state index in [1.807, 2.05) is 26.0 Å². The fraction of sp³-hybridized carbons (Fsp3) is 0.550. The molecule has 1 aromatic carbocycles. The van der Waals surface area contributed by atoms with Crippen LogP contribution in [0.4, 0.5) is 11.6 Å². The topological polar surface area (TPSA) is 63.1 Å². The van der Waals surface area contributed by atoms with Crippen molar-refractivity contribution in [1.29, 1.82) is 0 Å². The number of aromatic nitrogens is 3. The van der Waals surface area contributed by atoms with Gasteiger partial charge in [0.15, 0.2) is 5.16 Å². The number of hydrogen-bond donors (Lipinski definition) is 1. The molecule has 0 atom stereocenters. The quantitative estimate of drug-likeness (QED) is 0.693. The SMILES string of the molecule is Cc1cc(C)c(NC(=O)CSc2nnc(N3CCCCC3)n2C2CC2)c(Cl)c1. The maximum Gasteiger partial charge on any atom is 0.234 e. The first-order valence-corrected chi connectivity index (χ1v) is 11.3. The summed E-state index contributed by atoms with van der Waals surface area (Å²) in [6.07, 6.45) is 6.03. The van der Waals surface area contributed by atoms with E-state index in [4.69, 9.17) is 11.6 Å². The second-order valence-corrected chi connectivity index (χ2v) is 9.06. The molecule has 2 heterocycles. The van der Waals surface area contributed by atoms with Crippen molar-refractivity contribution in [2.24, 2.45) is 0 Å². The lowest BCUT2D eigenvalue weighted by Gasteiger charge is -2.27. The van der Waals surface area contributed by atoms with E-state index in [2.05, 4.69) is 25.0 Å². The van der Waals surface area contributed by atoms with Gasteiger partial charge in [0, 0.05) is 19.1 Å². The van der Waals surface area contributed by atoms with E-state index in [1.165, 1.54) is 31.0 Å². The molecule has 1 aliphatic heterocycles. The number of anilines is 2. The lowest BCUT2D eigenvalue weighted by molar-refractivity contribution is -0.113. The summed E-state index contributed by atoms with van der Waals surface area (Å²) >= 11 is 7.76. The van der Waals surface area contributed by atoms with E-state index in [-0.39, 0.29) is 11.7 Å². The maximum atomic E-state index is 12.5. The van der Waals surface area contributed by atoms with Gasteiger partial charge in [0.05, 0.1) is 16.5 Å². The average molecular weight is 420 g/mol. The van der Waals surface area contributed by atoms with Gasteiger partial charge < -0.3 is 10.2 Å². The molecule has 8 heteroatoms. The van der Waals surface area contributed by atoms with E-state index in [0.29, 0.717) is 16.8 Å². The number of halogens is 1. The third kappa shape index (κ3) is 4.30. The molecule has 1 amide bonds. The number of benzene rings is 1. The highest BCUT2D eigenvalue weighted by Gasteiger charge is 2.32. The van der Waals surface area contributed by atoms with E-state index in [1.54, 1.807) is 0 Å². The molecule has 0 spiro atoms. The molecule has 0 bridgehead atoms. The van der Waals surface area contributed by atoms with Crippen LogP contribution in [0.1, 0.15) is 49.3 Å². The summed E-state index contributed by atoms with van der Waals surface area (Å²) < 4.78 is 2.24. The Morgan fingerprint density at radius 1 is 1.21 bits per heavy atom. The van der Waals surface area contributed by atoms with Crippen LogP contribution in [0.25, 0.3) is 0 Å². The molecule has 6 nitrogen and oxygen atoms in total. The number of carbonyl (C=O) groups excluding carboxylic acids is 1. The van der Waals surface area contributed by atoms with Crippen molar-refractivity contribution >= 4 is 40.9 Å². The molecule has 1 N–H and O–H groups in total. The minimum Gasteiger partial charge on any atom is -0.341 e. The van der Waals surface area contributed by atoms with Crippen molar-refractivity contribution in [3.8, 4) is 0 Å². The molecule has 2 aromatic rings. The molecule has 1 saturated heterocycles. The summed E-state index contributed by atoms with van der Waals surface area (Å²) in [6, 6.07) is 4.36. The van der Waals surface area contributed by atoms with Crippen LogP contribution >= 0.6 is 23.4 Å². The summed E-state index contributed by atoms with van der Waals surface area (Å²) in [5.41, 5.74) is 2.74. The number of hydrogen-bond acceptors (Lipinski definition) is 5. The Morgan fingerprint density at radius 2 is 1.96 bits per heavy atom. The molecule has 1 aliphatic carbocycles. The molecular formula is C20H26ClN5OS. The largest absolute Gasteiger partial charge is 0.341 e. The van der Waals surface area contributed by atoms with Crippen molar-refractivity contribution < 1.29 is 4.79 Å². The van der Waals surface area contributed by atoms with Crippen molar-refractivity contribution in [2.75, 3.05) is 29.1 Å². The van der Waals surface area contributed by atoms with Gasteiger partial charge in [-0.05, 0) is 63.1 Å². The summed E-state index contributed by atoms with van der Waals surface area (Å²) in [4.78, 5) is 14.9. The van der Waals surface area contributed by atoms with Crippen LogP contribution in [0.3, 0.4) is 0 Å². The van der Waals surface area contributed by atoms with E-state index < -0.39 is 0 Å². The van der Waals surface area contributed by atoms with Gasteiger partial charge >= 0.3 is 0 Å². The minimum atomic E-state index is -0.0799. The first-order valence-electron chi connectivity index (χ1n) is 9.92. The normalized spacial score (nSPS) is 17.0. The van der Waals surface area contributed by atoms with Crippen molar-refractivity contribution in [3.63, 3.8) is 0 Å². The van der Waals surface area contributed by atoms with Crippen molar-refractivity contribution in [2.45, 2.75) is 57.1 Å². The Kier molecular flexibility index (Phi) is 5.83. The zero-order valence-corrected chi connectivity index (χ0v) is 17.9. The fourth-order valence-electron chi connectivity index (χ4n) is 3.71. The average Bonchev–Trinajstić information content (AvgIpc) is 3.42. The summed E-state index contributed by atoms with van der Waals surface area (Å²) in [7, 11) is 0. The highest BCUT2D eigenvalue weighted by molar-refractivity contribution is 7.99. The highest BCUT2D eigenvalue weighted by atomic mass is 35.5. The Bertz CT molecular complexity index is 850. The molecule has 150 valence electrons. The van der Waals surface area contributed by atoms with Crippen LogP contribution < -0.4 is 10.2 Å². The Morgan fingerprint density at radius 3 is 2.64 bits per heavy atom. The highest BCUT2D eigenvalue weighted by Crippen LogP contribution is 2.41. The fourth-order valence-corrected chi connectivity index (χ4v) is 4.88. The predicted molar refractivity (Wildman–Crippen MR) is 115 cm³/mol. The van der Waals surface area contributed by atoms with E-state index in [9.17, 15) is 4.79 Å². The lowest BCUT2D eigenvalue weighted by atomic mass is 10.1. The molecule has 2 fully saturated rings. The van der Waals surface area contributed by atoms with Gasteiger partial charge in [-0.15, -0.1) is 10.2 Å². The van der Waals surface area contributed by atoms with Gasteiger partial charge in [-0.25, -0.2) is 0 Å². The van der Waals surface area contributed by atoms with Gasteiger partial charge in [0.1, 0.15) is 0 Å². The number of nitrogens with one attached hydrogen (secondary N) is 1. The molecule has 0 unspecified atom stereocenters. The van der Waals surface area contributed by atoms with Crippen LogP contribution in [0, 0.1) is 13.8 Å². The summed E-state index contributed by atoms with van der Waals surface area (Å²) in [5.74, 6) is 1.18. The maximum absolute atomic E-state index is 12.5. The first kappa shape index (κ1) is 19.6. The van der Waals surface area contributed by atoms with Crippen LogP contribution in [0.2, 0.25) is 5.02 Å². The van der Waals surface area contributed by atoms with Gasteiger partial charge in [0.25, 0.3) is 0 Å². The van der Waals surface area contributed by atoms with Gasteiger partial charge in [-0.1, -0.05) is 29.4 Å². The number of aryl methyl sites for hydroxylation is 2. The van der Waals surface area contributed by atoms with Crippen molar-refractivity contribution in [1.82, 2.24) is 14.8 Å². The first-order chi connectivity index (χ1) is 13.5. The molecule has 28 heavy (non-hydrogen) atoms. The number of rotatable bonds is 6. The number of thioether (sulfide) groups is 1. The molecular weight excluding hydrogens is 394 g/mol. The van der Waals surface area contributed by atoms with Crippen molar-refractivity contribution in [3.05, 3.63) is 28.3 Å². The van der Waals surface area contributed by atoms with E-state index in [0.717, 1.165) is 48.2 Å². The number of piperidine rings is 1. The smallest absolute Gasteiger partial charge is 0.234 e. The molecule has 0 radical (unpaired) electrons. The number of nitrogens with zero attached hydrogens (tertiary/aromatic N) is 4. The monoisotopic (exact) mass is 419 g/mol. The number of amides is 1. The van der Waals surface area contributed by atoms with Gasteiger partial charge in [-0.3, -0.25) is 9.36 Å². The molecule has 4 rings (SSSR count). The van der Waals surface area contributed by atoms with Crippen LogP contribution in [-0.2, 0) is 4.79 Å². The Labute approximate surface area is 175 Å².